The summed E-state index contributed by atoms with van der Waals surface area (Å²) in [5, 5.41) is 0. The van der Waals surface area contributed by atoms with Gasteiger partial charge in [-0.3, -0.25) is 0 Å². The van der Waals surface area contributed by atoms with Gasteiger partial charge in [0.1, 0.15) is 0 Å². The van der Waals surface area contributed by atoms with Gasteiger partial charge in [-0.25, -0.2) is 0 Å². The Bertz CT molecular complexity index is 670. The number of hydrogen-bond acceptors (Lipinski definition) is 0. The number of rotatable bonds is 3. The Balaban J connectivity index is 0.00000144. The first-order valence-corrected chi connectivity index (χ1v) is 9.64. The molecule has 2 unspecified atom stereocenters. The molecule has 4 rings (SSSR count). The number of fused-ring (bicyclic) bond motifs is 2. The molecule has 104 valence electrons. The smallest absolute Gasteiger partial charge is 0.0740 e. The molecule has 2 aliphatic rings. The summed E-state index contributed by atoms with van der Waals surface area (Å²) in [5.41, 5.74) is 7.24. The monoisotopic (exact) mass is 310 g/mol. The fourth-order valence-corrected chi connectivity index (χ4v) is 7.06. The van der Waals surface area contributed by atoms with Crippen molar-refractivity contribution in [3.8, 4) is 0 Å². The summed E-state index contributed by atoms with van der Waals surface area (Å²) in [7, 11) is -0.537. The predicted octanol–water partition coefficient (Wildman–Crippen LogP) is 4.82. The van der Waals surface area contributed by atoms with Gasteiger partial charge in [0, 0.05) is 29.6 Å². The van der Waals surface area contributed by atoms with E-state index in [1.165, 1.54) is 17.2 Å². The van der Waals surface area contributed by atoms with E-state index in [1.54, 1.807) is 11.1 Å². The average Bonchev–Trinajstić information content (AvgIpc) is 3.14. The Labute approximate surface area is 156 Å². The summed E-state index contributed by atoms with van der Waals surface area (Å²) in [4.78, 5) is 0. The minimum atomic E-state index is -0.537. The number of allylic oxidation sites excluding steroid dienone is 2. The van der Waals surface area contributed by atoms with Gasteiger partial charge in [0.2, 0.25) is 0 Å². The van der Waals surface area contributed by atoms with E-state index in [1.807, 2.05) is 0 Å². The zero-order chi connectivity index (χ0) is 14.2. The zero-order valence-corrected chi connectivity index (χ0v) is 16.3. The van der Waals surface area contributed by atoms with Crippen molar-refractivity contribution in [1.29, 1.82) is 0 Å². The second kappa shape index (κ2) is 6.72. The second-order valence-electron chi connectivity index (χ2n) is 5.86. The van der Waals surface area contributed by atoms with E-state index < -0.39 is 8.80 Å². The Hall–Kier alpha value is -0.863. The van der Waals surface area contributed by atoms with Crippen LogP contribution in [-0.4, -0.2) is 38.4 Å². The van der Waals surface area contributed by atoms with Crippen LogP contribution in [0.5, 0.6) is 0 Å². The molecule has 22 heavy (non-hydrogen) atoms. The maximum Gasteiger partial charge on any atom is 0.0740 e. The van der Waals surface area contributed by atoms with Gasteiger partial charge < -0.3 is 0 Å². The molecule has 0 amide bonds. The van der Waals surface area contributed by atoms with E-state index in [0.29, 0.717) is 11.1 Å². The molecule has 2 heteroatoms. The summed E-state index contributed by atoms with van der Waals surface area (Å²) < 4.78 is 0. The van der Waals surface area contributed by atoms with Gasteiger partial charge in [-0.15, -0.1) is 0 Å². The van der Waals surface area contributed by atoms with Crippen LogP contribution in [0.2, 0.25) is 6.04 Å². The fraction of sp³-hybridized carbons (Fsp3) is 0.200. The summed E-state index contributed by atoms with van der Waals surface area (Å²) in [6.07, 6.45) is 9.56. The van der Waals surface area contributed by atoms with E-state index >= 15 is 0 Å². The first-order valence-electron chi connectivity index (χ1n) is 7.78. The summed E-state index contributed by atoms with van der Waals surface area (Å²) in [6, 6.07) is 19.1. The van der Waals surface area contributed by atoms with Crippen LogP contribution >= 0.6 is 0 Å². The molecule has 0 saturated heterocycles. The molecule has 0 bridgehead atoms. The second-order valence-corrected chi connectivity index (χ2v) is 8.96. The van der Waals surface area contributed by atoms with Crippen LogP contribution < -0.4 is 0 Å². The molecule has 0 spiro atoms. The van der Waals surface area contributed by atoms with Crippen molar-refractivity contribution < 1.29 is 0 Å². The SMILES string of the molecule is CC[Si](C1C=Cc2ccccc21)C1C=Cc2ccccc21.[Na]. The standard InChI is InChI=1S/C20H19Si.Na/c1-2-21(19-13-11-15-7-3-5-9-17(15)19)20-14-12-16-8-4-6-10-18(16)20;/h3-14,19-20H,2H2,1H3;. The van der Waals surface area contributed by atoms with E-state index in [0.717, 1.165) is 0 Å². The Morgan fingerprint density at radius 2 is 1.23 bits per heavy atom. The largest absolute Gasteiger partial charge is 0.0793 e. The van der Waals surface area contributed by atoms with Gasteiger partial charge in [0.05, 0.1) is 8.80 Å². The van der Waals surface area contributed by atoms with E-state index in [9.17, 15) is 0 Å². The molecule has 2 aliphatic carbocycles. The van der Waals surface area contributed by atoms with Gasteiger partial charge in [0.15, 0.2) is 0 Å². The van der Waals surface area contributed by atoms with Crippen molar-refractivity contribution in [2.45, 2.75) is 24.1 Å². The van der Waals surface area contributed by atoms with Crippen LogP contribution in [0, 0.1) is 0 Å². The minimum Gasteiger partial charge on any atom is -0.0793 e. The van der Waals surface area contributed by atoms with Crippen LogP contribution in [0.3, 0.4) is 0 Å². The summed E-state index contributed by atoms with van der Waals surface area (Å²) in [6.45, 7) is 2.37. The molecule has 0 N–H and O–H groups in total. The summed E-state index contributed by atoms with van der Waals surface area (Å²) >= 11 is 0. The van der Waals surface area contributed by atoms with Gasteiger partial charge in [-0.1, -0.05) is 85.8 Å². The molecular formula is C20H19NaSi. The Morgan fingerprint density at radius 3 is 1.68 bits per heavy atom. The van der Waals surface area contributed by atoms with Crippen LogP contribution in [-0.2, 0) is 0 Å². The van der Waals surface area contributed by atoms with Crippen molar-refractivity contribution >= 4 is 50.5 Å². The van der Waals surface area contributed by atoms with Crippen LogP contribution in [0.4, 0.5) is 0 Å². The molecule has 0 aromatic heterocycles. The molecule has 2 radical (unpaired) electrons. The number of hydrogen-bond donors (Lipinski definition) is 0. The average molecular weight is 310 g/mol. The van der Waals surface area contributed by atoms with Crippen molar-refractivity contribution in [2.75, 3.05) is 0 Å². The van der Waals surface area contributed by atoms with Gasteiger partial charge in [0.25, 0.3) is 0 Å². The fourth-order valence-electron chi connectivity index (χ4n) is 3.78. The molecule has 2 aromatic carbocycles. The van der Waals surface area contributed by atoms with E-state index in [2.05, 4.69) is 79.8 Å². The molecule has 0 saturated carbocycles. The third-order valence-corrected chi connectivity index (χ3v) is 8.23. The normalized spacial score (nSPS) is 20.8. The molecular weight excluding hydrogens is 291 g/mol. The molecule has 2 atom stereocenters. The van der Waals surface area contributed by atoms with Crippen molar-refractivity contribution in [2.24, 2.45) is 0 Å². The molecule has 2 aromatic rings. The molecule has 0 nitrogen and oxygen atoms in total. The Kier molecular flexibility index (Phi) is 4.89. The molecule has 0 fully saturated rings. The predicted molar refractivity (Wildman–Crippen MR) is 98.4 cm³/mol. The zero-order valence-electron chi connectivity index (χ0n) is 13.3. The van der Waals surface area contributed by atoms with Gasteiger partial charge >= 0.3 is 0 Å². The third-order valence-electron chi connectivity index (χ3n) is 4.81. The third kappa shape index (κ3) is 2.61. The van der Waals surface area contributed by atoms with Crippen molar-refractivity contribution in [1.82, 2.24) is 0 Å². The molecule has 0 aliphatic heterocycles. The van der Waals surface area contributed by atoms with Crippen molar-refractivity contribution in [3.63, 3.8) is 0 Å². The summed E-state index contributed by atoms with van der Waals surface area (Å²) in [5.74, 6) is 0. The maximum absolute atomic E-state index is 2.46. The Morgan fingerprint density at radius 1 is 0.773 bits per heavy atom. The molecule has 0 heterocycles. The van der Waals surface area contributed by atoms with E-state index in [4.69, 9.17) is 0 Å². The first-order chi connectivity index (χ1) is 10.4. The number of benzene rings is 2. The van der Waals surface area contributed by atoms with E-state index in [-0.39, 0.29) is 29.6 Å². The van der Waals surface area contributed by atoms with Gasteiger partial charge in [-0.2, -0.15) is 0 Å². The van der Waals surface area contributed by atoms with Crippen LogP contribution in [0.1, 0.15) is 40.3 Å². The minimum absolute atomic E-state index is 0. The maximum atomic E-state index is 2.46. The quantitative estimate of drug-likeness (QED) is 0.713. The topological polar surface area (TPSA) is 0 Å². The van der Waals surface area contributed by atoms with Crippen LogP contribution in [0.25, 0.3) is 12.2 Å². The van der Waals surface area contributed by atoms with Crippen molar-refractivity contribution in [3.05, 3.63) is 82.9 Å². The van der Waals surface area contributed by atoms with Crippen LogP contribution in [0.15, 0.2) is 60.7 Å². The first kappa shape index (κ1) is 16.0. The van der Waals surface area contributed by atoms with Gasteiger partial charge in [-0.05, 0) is 33.3 Å².